The van der Waals surface area contributed by atoms with Crippen LogP contribution in [0, 0.1) is 11.8 Å². The number of amides is 1. The highest BCUT2D eigenvalue weighted by molar-refractivity contribution is 5.87. The van der Waals surface area contributed by atoms with Crippen LogP contribution >= 0.6 is 0 Å². The summed E-state index contributed by atoms with van der Waals surface area (Å²) in [6.07, 6.45) is 3.33. The largest absolute Gasteiger partial charge is 0.481 e. The molecule has 2 aliphatic heterocycles. The lowest BCUT2D eigenvalue weighted by Gasteiger charge is -2.22. The van der Waals surface area contributed by atoms with Gasteiger partial charge in [0.05, 0.1) is 18.1 Å². The number of hydrogen-bond donors (Lipinski definition) is 2. The first kappa shape index (κ1) is 18.4. The van der Waals surface area contributed by atoms with Gasteiger partial charge in [0.1, 0.15) is 5.92 Å². The van der Waals surface area contributed by atoms with Crippen LogP contribution in [0.1, 0.15) is 23.5 Å². The van der Waals surface area contributed by atoms with E-state index in [4.69, 9.17) is 4.74 Å². The quantitative estimate of drug-likeness (QED) is 0.728. The Labute approximate surface area is 164 Å². The van der Waals surface area contributed by atoms with Crippen LogP contribution in [0.2, 0.25) is 0 Å². The number of ether oxygens (including phenoxy) is 1. The zero-order chi connectivity index (χ0) is 19.5. The molecule has 1 saturated heterocycles. The molecule has 0 radical (unpaired) electrons. The molecule has 0 aliphatic carbocycles. The minimum absolute atomic E-state index is 0.161. The number of carboxylic acids is 1. The molecule has 5 nitrogen and oxygen atoms in total. The molecule has 0 saturated carbocycles. The van der Waals surface area contributed by atoms with Gasteiger partial charge in [0.15, 0.2) is 0 Å². The first-order chi connectivity index (χ1) is 13.6. The molecule has 2 bridgehead atoms. The highest BCUT2D eigenvalue weighted by Gasteiger charge is 2.53. The van der Waals surface area contributed by atoms with Crippen LogP contribution in [-0.2, 0) is 14.3 Å². The SMILES string of the molecule is O=C(O)[C@@H]1[C@H](C(=O)NCCC(c2ccccc2)c2ccccc2)[C@H]2C=C[C@H]1O2. The van der Waals surface area contributed by atoms with Crippen LogP contribution in [0.5, 0.6) is 0 Å². The van der Waals surface area contributed by atoms with Crippen LogP contribution in [0.3, 0.4) is 0 Å². The predicted molar refractivity (Wildman–Crippen MR) is 105 cm³/mol. The summed E-state index contributed by atoms with van der Waals surface area (Å²) in [6, 6.07) is 20.4. The van der Waals surface area contributed by atoms with E-state index in [1.54, 1.807) is 12.2 Å². The third-order valence-electron chi connectivity index (χ3n) is 5.62. The van der Waals surface area contributed by atoms with Crippen LogP contribution in [0.15, 0.2) is 72.8 Å². The Hall–Kier alpha value is -2.92. The van der Waals surface area contributed by atoms with Crippen molar-refractivity contribution >= 4 is 11.9 Å². The molecular formula is C23H23NO4. The molecule has 0 unspecified atom stereocenters. The summed E-state index contributed by atoms with van der Waals surface area (Å²) in [7, 11) is 0. The third-order valence-corrected chi connectivity index (χ3v) is 5.62. The van der Waals surface area contributed by atoms with E-state index in [9.17, 15) is 14.7 Å². The Kier molecular flexibility index (Phi) is 5.26. The number of aliphatic carboxylic acids is 1. The molecule has 1 fully saturated rings. The van der Waals surface area contributed by atoms with Gasteiger partial charge in [0, 0.05) is 12.5 Å². The number of carboxylic acid groups (broad SMARTS) is 1. The fraction of sp³-hybridized carbons (Fsp3) is 0.304. The number of fused-ring (bicyclic) bond motifs is 2. The van der Waals surface area contributed by atoms with E-state index in [0.717, 1.165) is 6.42 Å². The van der Waals surface area contributed by atoms with Gasteiger partial charge in [-0.05, 0) is 17.5 Å². The van der Waals surface area contributed by atoms with E-state index in [-0.39, 0.29) is 11.8 Å². The smallest absolute Gasteiger partial charge is 0.310 e. The van der Waals surface area contributed by atoms with Gasteiger partial charge in [0.25, 0.3) is 0 Å². The standard InChI is InChI=1S/C23H23NO4/c25-22(20-18-11-12-19(28-18)21(20)23(26)27)24-14-13-17(15-7-3-1-4-8-15)16-9-5-2-6-10-16/h1-12,17-21H,13-14H2,(H,24,25)(H,26,27)/t18-,19-,20-,21+/m1/s1. The maximum absolute atomic E-state index is 12.7. The Balaban J connectivity index is 1.43. The van der Waals surface area contributed by atoms with E-state index in [0.29, 0.717) is 6.54 Å². The fourth-order valence-corrected chi connectivity index (χ4v) is 4.27. The second-order valence-corrected chi connectivity index (χ2v) is 7.29. The number of carbonyl (C=O) groups is 2. The lowest BCUT2D eigenvalue weighted by molar-refractivity contribution is -0.146. The van der Waals surface area contributed by atoms with Crippen LogP contribution in [0.4, 0.5) is 0 Å². The zero-order valence-electron chi connectivity index (χ0n) is 15.4. The molecule has 0 spiro atoms. The Morgan fingerprint density at radius 1 is 0.893 bits per heavy atom. The first-order valence-corrected chi connectivity index (χ1v) is 9.59. The van der Waals surface area contributed by atoms with Crippen molar-refractivity contribution in [2.75, 3.05) is 6.54 Å². The Morgan fingerprint density at radius 3 is 1.96 bits per heavy atom. The summed E-state index contributed by atoms with van der Waals surface area (Å²) in [5.74, 6) is -2.55. The molecule has 28 heavy (non-hydrogen) atoms. The van der Waals surface area contributed by atoms with Crippen molar-refractivity contribution in [2.45, 2.75) is 24.5 Å². The fourth-order valence-electron chi connectivity index (χ4n) is 4.27. The normalized spacial score (nSPS) is 25.2. The molecule has 2 N–H and O–H groups in total. The lowest BCUT2D eigenvalue weighted by Crippen LogP contribution is -2.42. The summed E-state index contributed by atoms with van der Waals surface area (Å²) in [6.45, 7) is 0.469. The lowest BCUT2D eigenvalue weighted by atomic mass is 9.82. The van der Waals surface area contributed by atoms with E-state index in [1.807, 2.05) is 36.4 Å². The molecule has 0 aromatic heterocycles. The van der Waals surface area contributed by atoms with Crippen LogP contribution in [-0.4, -0.2) is 35.7 Å². The maximum atomic E-state index is 12.7. The summed E-state index contributed by atoms with van der Waals surface area (Å²) in [5, 5.41) is 12.4. The van der Waals surface area contributed by atoms with Crippen molar-refractivity contribution in [3.63, 3.8) is 0 Å². The maximum Gasteiger partial charge on any atom is 0.310 e. The molecule has 144 valence electrons. The number of nitrogens with one attached hydrogen (secondary N) is 1. The minimum Gasteiger partial charge on any atom is -0.481 e. The van der Waals surface area contributed by atoms with Gasteiger partial charge in [-0.3, -0.25) is 9.59 Å². The predicted octanol–water partition coefficient (Wildman–Crippen LogP) is 2.98. The van der Waals surface area contributed by atoms with Gasteiger partial charge in [-0.25, -0.2) is 0 Å². The van der Waals surface area contributed by atoms with Gasteiger partial charge in [-0.2, -0.15) is 0 Å². The van der Waals surface area contributed by atoms with Gasteiger partial charge in [0.2, 0.25) is 5.91 Å². The molecule has 4 rings (SSSR count). The zero-order valence-corrected chi connectivity index (χ0v) is 15.4. The van der Waals surface area contributed by atoms with Crippen molar-refractivity contribution in [3.05, 3.63) is 83.9 Å². The molecular weight excluding hydrogens is 354 g/mol. The minimum atomic E-state index is -0.983. The highest BCUT2D eigenvalue weighted by atomic mass is 16.5. The summed E-state index contributed by atoms with van der Waals surface area (Å²) >= 11 is 0. The van der Waals surface area contributed by atoms with Gasteiger partial charge < -0.3 is 15.2 Å². The topological polar surface area (TPSA) is 75.6 Å². The average Bonchev–Trinajstić information content (AvgIpc) is 3.34. The molecule has 2 aromatic rings. The van der Waals surface area contributed by atoms with E-state index in [1.165, 1.54) is 11.1 Å². The van der Waals surface area contributed by atoms with Crippen molar-refractivity contribution in [2.24, 2.45) is 11.8 Å². The van der Waals surface area contributed by atoms with Crippen molar-refractivity contribution < 1.29 is 19.4 Å². The second kappa shape index (κ2) is 7.98. The third kappa shape index (κ3) is 3.58. The van der Waals surface area contributed by atoms with Crippen molar-refractivity contribution in [1.82, 2.24) is 5.32 Å². The summed E-state index contributed by atoms with van der Waals surface area (Å²) in [4.78, 5) is 24.3. The van der Waals surface area contributed by atoms with Gasteiger partial charge >= 0.3 is 5.97 Å². The molecule has 4 atom stereocenters. The molecule has 2 heterocycles. The van der Waals surface area contributed by atoms with E-state index < -0.39 is 30.0 Å². The number of carbonyl (C=O) groups excluding carboxylic acids is 1. The molecule has 5 heteroatoms. The first-order valence-electron chi connectivity index (χ1n) is 9.59. The summed E-state index contributed by atoms with van der Waals surface area (Å²) in [5.41, 5.74) is 2.38. The monoisotopic (exact) mass is 377 g/mol. The van der Waals surface area contributed by atoms with E-state index in [2.05, 4.69) is 29.6 Å². The van der Waals surface area contributed by atoms with Crippen LogP contribution in [0.25, 0.3) is 0 Å². The van der Waals surface area contributed by atoms with Crippen LogP contribution < -0.4 is 5.32 Å². The van der Waals surface area contributed by atoms with Crippen molar-refractivity contribution in [3.8, 4) is 0 Å². The second-order valence-electron chi connectivity index (χ2n) is 7.29. The van der Waals surface area contributed by atoms with E-state index >= 15 is 0 Å². The average molecular weight is 377 g/mol. The Morgan fingerprint density at radius 2 is 1.43 bits per heavy atom. The summed E-state index contributed by atoms with van der Waals surface area (Å²) < 4.78 is 5.59. The number of hydrogen-bond acceptors (Lipinski definition) is 3. The van der Waals surface area contributed by atoms with Crippen molar-refractivity contribution in [1.29, 1.82) is 0 Å². The number of benzene rings is 2. The molecule has 2 aliphatic rings. The Bertz CT molecular complexity index is 825. The molecule has 2 aromatic carbocycles. The number of rotatable bonds is 7. The highest BCUT2D eigenvalue weighted by Crippen LogP contribution is 2.39. The molecule has 1 amide bonds. The van der Waals surface area contributed by atoms with Gasteiger partial charge in [-0.1, -0.05) is 72.8 Å². The van der Waals surface area contributed by atoms with Gasteiger partial charge in [-0.15, -0.1) is 0 Å².